The summed E-state index contributed by atoms with van der Waals surface area (Å²) in [5, 5.41) is 3.56. The normalized spacial score (nSPS) is 16.1. The molecule has 0 spiro atoms. The molecular weight excluding hydrogens is 302 g/mol. The lowest BCUT2D eigenvalue weighted by molar-refractivity contribution is -0.122. The van der Waals surface area contributed by atoms with Crippen molar-refractivity contribution < 1.29 is 4.79 Å². The van der Waals surface area contributed by atoms with E-state index in [1.54, 1.807) is 18.2 Å². The molecule has 24 heavy (non-hydrogen) atoms. The summed E-state index contributed by atoms with van der Waals surface area (Å²) < 4.78 is 1.36. The number of para-hydroxylation sites is 1. The van der Waals surface area contributed by atoms with E-state index in [0.717, 1.165) is 12.8 Å². The van der Waals surface area contributed by atoms with E-state index in [9.17, 15) is 9.59 Å². The van der Waals surface area contributed by atoms with Gasteiger partial charge >= 0.3 is 0 Å². The molecule has 0 saturated heterocycles. The molecule has 1 aliphatic rings. The third-order valence-electron chi connectivity index (χ3n) is 4.51. The van der Waals surface area contributed by atoms with E-state index >= 15 is 0 Å². The zero-order valence-corrected chi connectivity index (χ0v) is 13.1. The molecule has 1 atom stereocenters. The number of carbonyl (C=O) groups excluding carboxylic acids is 1. The minimum Gasteiger partial charge on any atom is -0.348 e. The van der Waals surface area contributed by atoms with Crippen molar-refractivity contribution in [2.45, 2.75) is 25.4 Å². The van der Waals surface area contributed by atoms with Crippen molar-refractivity contribution in [1.29, 1.82) is 0 Å². The van der Waals surface area contributed by atoms with Crippen LogP contribution in [0.3, 0.4) is 0 Å². The van der Waals surface area contributed by atoms with Crippen molar-refractivity contribution in [1.82, 2.24) is 14.9 Å². The summed E-state index contributed by atoms with van der Waals surface area (Å²) in [7, 11) is 0. The van der Waals surface area contributed by atoms with Gasteiger partial charge in [-0.05, 0) is 36.1 Å². The monoisotopic (exact) mass is 319 g/mol. The maximum absolute atomic E-state index is 12.4. The van der Waals surface area contributed by atoms with Gasteiger partial charge < -0.3 is 5.32 Å². The van der Waals surface area contributed by atoms with Gasteiger partial charge in [-0.3, -0.25) is 14.2 Å². The van der Waals surface area contributed by atoms with Crippen molar-refractivity contribution in [2.75, 3.05) is 0 Å². The number of benzene rings is 2. The van der Waals surface area contributed by atoms with Gasteiger partial charge in [0.2, 0.25) is 5.91 Å². The van der Waals surface area contributed by atoms with Crippen molar-refractivity contribution in [2.24, 2.45) is 0 Å². The van der Waals surface area contributed by atoms with E-state index in [0.29, 0.717) is 10.9 Å². The molecule has 0 radical (unpaired) electrons. The molecule has 0 unspecified atom stereocenters. The van der Waals surface area contributed by atoms with Gasteiger partial charge in [-0.2, -0.15) is 0 Å². The molecule has 5 nitrogen and oxygen atoms in total. The van der Waals surface area contributed by atoms with E-state index in [2.05, 4.69) is 22.4 Å². The molecular formula is C19H17N3O2. The highest BCUT2D eigenvalue weighted by Gasteiger charge is 2.23. The SMILES string of the molecule is O=C(Cn1cnc2ccccc2c1=O)N[C@H]1CCc2ccccc21. The Hall–Kier alpha value is -2.95. The van der Waals surface area contributed by atoms with Crippen LogP contribution in [0.2, 0.25) is 0 Å². The number of amides is 1. The minimum absolute atomic E-state index is 0.0185. The van der Waals surface area contributed by atoms with E-state index in [1.807, 2.05) is 18.2 Å². The summed E-state index contributed by atoms with van der Waals surface area (Å²) in [6.45, 7) is -0.0185. The maximum atomic E-state index is 12.4. The lowest BCUT2D eigenvalue weighted by atomic mass is 10.1. The minimum atomic E-state index is -0.192. The Bertz CT molecular complexity index is 978. The Labute approximate surface area is 139 Å². The van der Waals surface area contributed by atoms with E-state index < -0.39 is 0 Å². The fraction of sp³-hybridized carbons (Fsp3) is 0.211. The van der Waals surface area contributed by atoms with Crippen LogP contribution >= 0.6 is 0 Å². The predicted octanol–water partition coefficient (Wildman–Crippen LogP) is 2.20. The van der Waals surface area contributed by atoms with Crippen molar-refractivity contribution in [3.8, 4) is 0 Å². The van der Waals surface area contributed by atoms with Crippen LogP contribution in [-0.2, 0) is 17.8 Å². The van der Waals surface area contributed by atoms with Crippen LogP contribution in [0.15, 0.2) is 59.7 Å². The van der Waals surface area contributed by atoms with Gasteiger partial charge in [0, 0.05) is 0 Å². The quantitative estimate of drug-likeness (QED) is 0.805. The molecule has 5 heteroatoms. The summed E-state index contributed by atoms with van der Waals surface area (Å²) >= 11 is 0. The number of nitrogens with one attached hydrogen (secondary N) is 1. The summed E-state index contributed by atoms with van der Waals surface area (Å²) in [5.41, 5.74) is 2.91. The molecule has 0 saturated carbocycles. The zero-order valence-electron chi connectivity index (χ0n) is 13.1. The largest absolute Gasteiger partial charge is 0.348 e. The van der Waals surface area contributed by atoms with Crippen LogP contribution in [0.4, 0.5) is 0 Å². The van der Waals surface area contributed by atoms with Gasteiger partial charge in [-0.1, -0.05) is 36.4 Å². The first kappa shape index (κ1) is 14.6. The van der Waals surface area contributed by atoms with E-state index in [4.69, 9.17) is 0 Å². The molecule has 120 valence electrons. The fourth-order valence-electron chi connectivity index (χ4n) is 3.32. The van der Waals surface area contributed by atoms with E-state index in [-0.39, 0.29) is 24.1 Å². The first-order valence-electron chi connectivity index (χ1n) is 8.04. The molecule has 1 N–H and O–H groups in total. The first-order valence-corrected chi connectivity index (χ1v) is 8.04. The van der Waals surface area contributed by atoms with Gasteiger partial charge in [0.15, 0.2) is 0 Å². The molecule has 1 amide bonds. The first-order chi connectivity index (χ1) is 11.7. The average Bonchev–Trinajstić information content (AvgIpc) is 3.01. The van der Waals surface area contributed by atoms with Crippen molar-refractivity contribution in [3.63, 3.8) is 0 Å². The van der Waals surface area contributed by atoms with Gasteiger partial charge in [0.1, 0.15) is 6.54 Å². The molecule has 4 rings (SSSR count). The highest BCUT2D eigenvalue weighted by atomic mass is 16.2. The van der Waals surface area contributed by atoms with Crippen LogP contribution in [0.5, 0.6) is 0 Å². The Morgan fingerprint density at radius 3 is 2.88 bits per heavy atom. The number of hydrogen-bond donors (Lipinski definition) is 1. The Morgan fingerprint density at radius 1 is 1.17 bits per heavy atom. The molecule has 3 aromatic rings. The second kappa shape index (κ2) is 5.92. The smallest absolute Gasteiger partial charge is 0.261 e. The average molecular weight is 319 g/mol. The zero-order chi connectivity index (χ0) is 16.5. The third-order valence-corrected chi connectivity index (χ3v) is 4.51. The number of hydrogen-bond acceptors (Lipinski definition) is 3. The summed E-state index contributed by atoms with van der Waals surface area (Å²) in [5.74, 6) is -0.170. The van der Waals surface area contributed by atoms with E-state index in [1.165, 1.54) is 22.0 Å². The summed E-state index contributed by atoms with van der Waals surface area (Å²) in [4.78, 5) is 29.1. The molecule has 1 aromatic heterocycles. The van der Waals surface area contributed by atoms with Crippen LogP contribution in [0.25, 0.3) is 10.9 Å². The van der Waals surface area contributed by atoms with Crippen molar-refractivity contribution >= 4 is 16.8 Å². The highest BCUT2D eigenvalue weighted by Crippen LogP contribution is 2.30. The summed E-state index contributed by atoms with van der Waals surface area (Å²) in [6, 6.07) is 15.3. The molecule has 0 fully saturated rings. The fourth-order valence-corrected chi connectivity index (χ4v) is 3.32. The van der Waals surface area contributed by atoms with Crippen LogP contribution in [0.1, 0.15) is 23.6 Å². The Morgan fingerprint density at radius 2 is 1.96 bits per heavy atom. The van der Waals surface area contributed by atoms with Gasteiger partial charge in [0.25, 0.3) is 5.56 Å². The third kappa shape index (κ3) is 2.58. The molecule has 1 heterocycles. The molecule has 1 aliphatic carbocycles. The van der Waals surface area contributed by atoms with Crippen LogP contribution in [-0.4, -0.2) is 15.5 Å². The lowest BCUT2D eigenvalue weighted by Gasteiger charge is -2.14. The van der Waals surface area contributed by atoms with Gasteiger partial charge in [0.05, 0.1) is 23.3 Å². The topological polar surface area (TPSA) is 64.0 Å². The van der Waals surface area contributed by atoms with Crippen molar-refractivity contribution in [3.05, 3.63) is 76.3 Å². The van der Waals surface area contributed by atoms with Crippen LogP contribution < -0.4 is 10.9 Å². The number of carbonyl (C=O) groups is 1. The summed E-state index contributed by atoms with van der Waals surface area (Å²) in [6.07, 6.45) is 3.31. The van der Waals surface area contributed by atoms with Crippen LogP contribution in [0, 0.1) is 0 Å². The van der Waals surface area contributed by atoms with Gasteiger partial charge in [-0.15, -0.1) is 0 Å². The second-order valence-corrected chi connectivity index (χ2v) is 6.05. The molecule has 2 aromatic carbocycles. The number of fused-ring (bicyclic) bond motifs is 2. The number of rotatable bonds is 3. The number of nitrogens with zero attached hydrogens (tertiary/aromatic N) is 2. The number of aromatic nitrogens is 2. The Kier molecular flexibility index (Phi) is 3.61. The molecule has 0 aliphatic heterocycles. The lowest BCUT2D eigenvalue weighted by Crippen LogP contribution is -2.34. The highest BCUT2D eigenvalue weighted by molar-refractivity contribution is 5.79. The standard InChI is InChI=1S/C19H17N3O2/c23-18(21-17-10-9-13-5-1-2-6-14(13)17)11-22-12-20-16-8-4-3-7-15(16)19(22)24/h1-8,12,17H,9-11H2,(H,21,23)/t17-/m0/s1. The molecule has 0 bridgehead atoms. The maximum Gasteiger partial charge on any atom is 0.261 e. The Balaban J connectivity index is 1.53. The van der Waals surface area contributed by atoms with Gasteiger partial charge in [-0.25, -0.2) is 4.98 Å². The second-order valence-electron chi connectivity index (χ2n) is 6.05. The number of aryl methyl sites for hydroxylation is 1. The predicted molar refractivity (Wildman–Crippen MR) is 91.6 cm³/mol.